The zero-order valence-corrected chi connectivity index (χ0v) is 11.2. The average Bonchev–Trinajstić information content (AvgIpc) is 2.32. The van der Waals surface area contributed by atoms with Gasteiger partial charge in [0.05, 0.1) is 0 Å². The van der Waals surface area contributed by atoms with Gasteiger partial charge >= 0.3 is 0 Å². The van der Waals surface area contributed by atoms with Gasteiger partial charge < -0.3 is 5.73 Å². The second kappa shape index (κ2) is 5.17. The number of nitrogens with zero attached hydrogens (tertiary/aromatic N) is 2. The first-order valence-electron chi connectivity index (χ1n) is 6.32. The Balaban J connectivity index is 2.53. The highest BCUT2D eigenvalue weighted by Gasteiger charge is 2.08. The van der Waals surface area contributed by atoms with Crippen LogP contribution in [-0.4, -0.2) is 9.97 Å². The molecule has 0 amide bonds. The molecule has 1 heterocycles. The van der Waals surface area contributed by atoms with E-state index in [1.165, 1.54) is 11.1 Å². The summed E-state index contributed by atoms with van der Waals surface area (Å²) in [7, 11) is 0. The van der Waals surface area contributed by atoms with Crippen molar-refractivity contribution >= 4 is 5.82 Å². The quantitative estimate of drug-likeness (QED) is 0.897. The van der Waals surface area contributed by atoms with Gasteiger partial charge in [-0.25, -0.2) is 9.97 Å². The molecule has 2 aromatic rings. The highest BCUT2D eigenvalue weighted by Crippen LogP contribution is 2.23. The lowest BCUT2D eigenvalue weighted by Gasteiger charge is -2.09. The first-order chi connectivity index (χ1) is 8.61. The van der Waals surface area contributed by atoms with Gasteiger partial charge in [0.25, 0.3) is 0 Å². The molecule has 3 heteroatoms. The normalized spacial score (nSPS) is 10.6. The monoisotopic (exact) mass is 241 g/mol. The molecule has 2 N–H and O–H groups in total. The molecule has 0 atom stereocenters. The van der Waals surface area contributed by atoms with Crippen LogP contribution in [0.1, 0.15) is 30.2 Å². The topological polar surface area (TPSA) is 51.8 Å². The molecule has 0 aliphatic carbocycles. The number of hydrogen-bond acceptors (Lipinski definition) is 3. The molecule has 0 fully saturated rings. The van der Waals surface area contributed by atoms with Crippen molar-refractivity contribution in [2.75, 3.05) is 5.73 Å². The molecule has 94 valence electrons. The standard InChI is InChI=1S/C15H19N3/c1-4-6-12-9-14(16)18-15(17-12)13-8-5-7-10(2)11(13)3/h5,7-9H,4,6H2,1-3H3,(H2,16,17,18). The van der Waals surface area contributed by atoms with Gasteiger partial charge in [-0.1, -0.05) is 31.5 Å². The van der Waals surface area contributed by atoms with Crippen molar-refractivity contribution in [1.82, 2.24) is 9.97 Å². The predicted octanol–water partition coefficient (Wildman–Crippen LogP) is 3.30. The van der Waals surface area contributed by atoms with Gasteiger partial charge in [-0.3, -0.25) is 0 Å². The third kappa shape index (κ3) is 2.50. The summed E-state index contributed by atoms with van der Waals surface area (Å²) in [6.07, 6.45) is 1.99. The van der Waals surface area contributed by atoms with E-state index in [1.54, 1.807) is 0 Å². The zero-order chi connectivity index (χ0) is 13.1. The maximum absolute atomic E-state index is 5.86. The van der Waals surface area contributed by atoms with E-state index in [0.717, 1.165) is 29.9 Å². The summed E-state index contributed by atoms with van der Waals surface area (Å²) >= 11 is 0. The van der Waals surface area contributed by atoms with Crippen molar-refractivity contribution < 1.29 is 0 Å². The van der Waals surface area contributed by atoms with Crippen LogP contribution in [0, 0.1) is 13.8 Å². The molecule has 0 saturated heterocycles. The van der Waals surface area contributed by atoms with E-state index in [1.807, 2.05) is 18.2 Å². The molecule has 0 saturated carbocycles. The van der Waals surface area contributed by atoms with Crippen molar-refractivity contribution in [2.24, 2.45) is 0 Å². The van der Waals surface area contributed by atoms with Gasteiger partial charge in [-0.2, -0.15) is 0 Å². The fraction of sp³-hybridized carbons (Fsp3) is 0.333. The molecular weight excluding hydrogens is 222 g/mol. The van der Waals surface area contributed by atoms with Gasteiger partial charge in [0.15, 0.2) is 5.82 Å². The van der Waals surface area contributed by atoms with Crippen LogP contribution in [0.4, 0.5) is 5.82 Å². The Morgan fingerprint density at radius 1 is 1.17 bits per heavy atom. The summed E-state index contributed by atoms with van der Waals surface area (Å²) in [5.41, 5.74) is 10.4. The molecule has 2 rings (SSSR count). The van der Waals surface area contributed by atoms with E-state index >= 15 is 0 Å². The minimum Gasteiger partial charge on any atom is -0.384 e. The Hall–Kier alpha value is -1.90. The van der Waals surface area contributed by atoms with Crippen LogP contribution in [0.25, 0.3) is 11.4 Å². The Kier molecular flexibility index (Phi) is 3.60. The van der Waals surface area contributed by atoms with Crippen molar-refractivity contribution in [3.63, 3.8) is 0 Å². The first kappa shape index (κ1) is 12.6. The molecule has 0 aliphatic heterocycles. The number of anilines is 1. The largest absolute Gasteiger partial charge is 0.384 e. The van der Waals surface area contributed by atoms with E-state index in [-0.39, 0.29) is 0 Å². The Labute approximate surface area is 108 Å². The number of aryl methyl sites for hydroxylation is 2. The lowest BCUT2D eigenvalue weighted by Crippen LogP contribution is -2.01. The number of nitrogen functional groups attached to an aromatic ring is 1. The highest BCUT2D eigenvalue weighted by molar-refractivity contribution is 5.63. The predicted molar refractivity (Wildman–Crippen MR) is 75.3 cm³/mol. The third-order valence-corrected chi connectivity index (χ3v) is 3.15. The molecule has 1 aromatic carbocycles. The molecule has 0 aliphatic rings. The summed E-state index contributed by atoms with van der Waals surface area (Å²) in [5, 5.41) is 0. The SMILES string of the molecule is CCCc1cc(N)nc(-c2cccc(C)c2C)n1. The van der Waals surface area contributed by atoms with Gasteiger partial charge in [0.1, 0.15) is 5.82 Å². The van der Waals surface area contributed by atoms with Crippen LogP contribution in [0.5, 0.6) is 0 Å². The van der Waals surface area contributed by atoms with E-state index in [2.05, 4.69) is 36.8 Å². The molecule has 0 radical (unpaired) electrons. The Bertz CT molecular complexity index is 562. The zero-order valence-electron chi connectivity index (χ0n) is 11.2. The van der Waals surface area contributed by atoms with Gasteiger partial charge in [0.2, 0.25) is 0 Å². The van der Waals surface area contributed by atoms with Crippen LogP contribution in [-0.2, 0) is 6.42 Å². The number of aromatic nitrogens is 2. The third-order valence-electron chi connectivity index (χ3n) is 3.15. The second-order valence-corrected chi connectivity index (χ2v) is 4.61. The molecule has 3 nitrogen and oxygen atoms in total. The van der Waals surface area contributed by atoms with Crippen LogP contribution >= 0.6 is 0 Å². The fourth-order valence-corrected chi connectivity index (χ4v) is 2.02. The smallest absolute Gasteiger partial charge is 0.162 e. The van der Waals surface area contributed by atoms with Gasteiger partial charge in [-0.15, -0.1) is 0 Å². The number of nitrogens with two attached hydrogens (primary N) is 1. The number of hydrogen-bond donors (Lipinski definition) is 1. The number of rotatable bonds is 3. The van der Waals surface area contributed by atoms with E-state index < -0.39 is 0 Å². The van der Waals surface area contributed by atoms with Gasteiger partial charge in [0, 0.05) is 17.3 Å². The summed E-state index contributed by atoms with van der Waals surface area (Å²) in [5.74, 6) is 1.28. The number of benzene rings is 1. The van der Waals surface area contributed by atoms with E-state index in [9.17, 15) is 0 Å². The van der Waals surface area contributed by atoms with E-state index in [4.69, 9.17) is 5.73 Å². The highest BCUT2D eigenvalue weighted by atomic mass is 14.9. The van der Waals surface area contributed by atoms with E-state index in [0.29, 0.717) is 5.82 Å². The average molecular weight is 241 g/mol. The Morgan fingerprint density at radius 3 is 2.67 bits per heavy atom. The second-order valence-electron chi connectivity index (χ2n) is 4.61. The molecule has 18 heavy (non-hydrogen) atoms. The molecule has 0 unspecified atom stereocenters. The molecule has 1 aromatic heterocycles. The van der Waals surface area contributed by atoms with Crippen molar-refractivity contribution in [1.29, 1.82) is 0 Å². The lowest BCUT2D eigenvalue weighted by atomic mass is 10.0. The minimum absolute atomic E-state index is 0.546. The van der Waals surface area contributed by atoms with Crippen molar-refractivity contribution in [2.45, 2.75) is 33.6 Å². The molecule has 0 spiro atoms. The maximum atomic E-state index is 5.86. The van der Waals surface area contributed by atoms with Crippen LogP contribution in [0.15, 0.2) is 24.3 Å². The Morgan fingerprint density at radius 2 is 1.94 bits per heavy atom. The summed E-state index contributed by atoms with van der Waals surface area (Å²) in [4.78, 5) is 8.96. The van der Waals surface area contributed by atoms with Crippen LogP contribution in [0.3, 0.4) is 0 Å². The van der Waals surface area contributed by atoms with Crippen molar-refractivity contribution in [3.05, 3.63) is 41.1 Å². The van der Waals surface area contributed by atoms with Crippen molar-refractivity contribution in [3.8, 4) is 11.4 Å². The summed E-state index contributed by atoms with van der Waals surface area (Å²) in [6.45, 7) is 6.32. The lowest BCUT2D eigenvalue weighted by molar-refractivity contribution is 0.876. The fourth-order valence-electron chi connectivity index (χ4n) is 2.02. The molecule has 0 bridgehead atoms. The summed E-state index contributed by atoms with van der Waals surface area (Å²) < 4.78 is 0. The van der Waals surface area contributed by atoms with Crippen LogP contribution < -0.4 is 5.73 Å². The van der Waals surface area contributed by atoms with Gasteiger partial charge in [-0.05, 0) is 31.4 Å². The maximum Gasteiger partial charge on any atom is 0.162 e. The summed E-state index contributed by atoms with van der Waals surface area (Å²) in [6, 6.07) is 8.03. The minimum atomic E-state index is 0.546. The first-order valence-corrected chi connectivity index (χ1v) is 6.32. The molecular formula is C15H19N3. The van der Waals surface area contributed by atoms with Crippen LogP contribution in [0.2, 0.25) is 0 Å².